The van der Waals surface area contributed by atoms with E-state index < -0.39 is 0 Å². The number of amides is 1. The minimum Gasteiger partial charge on any atom is -0.493 e. The molecule has 1 amide bonds. The number of benzene rings is 1. The third kappa shape index (κ3) is 4.77. The van der Waals surface area contributed by atoms with Crippen LogP contribution in [0.3, 0.4) is 0 Å². The molecule has 6 heteroatoms. The Morgan fingerprint density at radius 1 is 1.29 bits per heavy atom. The van der Waals surface area contributed by atoms with Crippen LogP contribution >= 0.6 is 11.6 Å². The molecular formula is C18H27ClN2O3. The van der Waals surface area contributed by atoms with Crippen LogP contribution in [-0.2, 0) is 11.3 Å². The molecule has 134 valence electrons. The number of carbonyl (C=O) groups is 1. The van der Waals surface area contributed by atoms with E-state index in [1.54, 1.807) is 14.2 Å². The van der Waals surface area contributed by atoms with E-state index >= 15 is 0 Å². The van der Waals surface area contributed by atoms with Gasteiger partial charge in [0.15, 0.2) is 11.5 Å². The van der Waals surface area contributed by atoms with Gasteiger partial charge in [-0.05, 0) is 23.1 Å². The molecule has 0 bridgehead atoms. The number of nitrogens with one attached hydrogen (secondary N) is 1. The quantitative estimate of drug-likeness (QED) is 0.852. The lowest BCUT2D eigenvalue weighted by Gasteiger charge is -2.26. The largest absolute Gasteiger partial charge is 0.493 e. The van der Waals surface area contributed by atoms with Gasteiger partial charge in [0.05, 0.1) is 19.2 Å². The first-order chi connectivity index (χ1) is 11.2. The number of carbonyl (C=O) groups excluding carboxylic acids is 1. The summed E-state index contributed by atoms with van der Waals surface area (Å²) in [4.78, 5) is 14.1. The number of halogens is 1. The van der Waals surface area contributed by atoms with Crippen molar-refractivity contribution in [3.8, 4) is 11.5 Å². The summed E-state index contributed by atoms with van der Waals surface area (Å²) >= 11 is 6.23. The molecule has 1 aliphatic rings. The summed E-state index contributed by atoms with van der Waals surface area (Å²) in [6.45, 7) is 8.59. The van der Waals surface area contributed by atoms with Gasteiger partial charge in [0.25, 0.3) is 0 Å². The summed E-state index contributed by atoms with van der Waals surface area (Å²) in [6.07, 6.45) is 0.539. The number of hydrogen-bond acceptors (Lipinski definition) is 4. The monoisotopic (exact) mass is 354 g/mol. The van der Waals surface area contributed by atoms with Crippen LogP contribution in [0, 0.1) is 5.41 Å². The molecule has 1 aromatic rings. The van der Waals surface area contributed by atoms with Crippen LogP contribution in [-0.4, -0.2) is 44.2 Å². The standard InChI is InChI=1S/C18H27ClN2O3/c1-18(2,3)11-21-10-13(8-16(21)22)20-9-12-6-14(19)17(24-5)15(7-12)23-4/h6-7,13,20H,8-11H2,1-5H3. The van der Waals surface area contributed by atoms with Gasteiger partial charge in [-0.15, -0.1) is 0 Å². The molecule has 1 aliphatic heterocycles. The van der Waals surface area contributed by atoms with E-state index in [9.17, 15) is 4.79 Å². The van der Waals surface area contributed by atoms with E-state index in [1.165, 1.54) is 0 Å². The zero-order valence-electron chi connectivity index (χ0n) is 15.1. The van der Waals surface area contributed by atoms with Crippen LogP contribution in [0.15, 0.2) is 12.1 Å². The fourth-order valence-corrected chi connectivity index (χ4v) is 3.28. The maximum absolute atomic E-state index is 12.1. The maximum atomic E-state index is 12.1. The molecule has 1 unspecified atom stereocenters. The highest BCUT2D eigenvalue weighted by Gasteiger charge is 2.31. The Morgan fingerprint density at radius 2 is 2.00 bits per heavy atom. The smallest absolute Gasteiger partial charge is 0.224 e. The maximum Gasteiger partial charge on any atom is 0.224 e. The van der Waals surface area contributed by atoms with Crippen LogP contribution in [0.25, 0.3) is 0 Å². The lowest BCUT2D eigenvalue weighted by molar-refractivity contribution is -0.128. The van der Waals surface area contributed by atoms with Crippen LogP contribution in [0.1, 0.15) is 32.8 Å². The highest BCUT2D eigenvalue weighted by atomic mass is 35.5. The third-order valence-electron chi connectivity index (χ3n) is 3.97. The Morgan fingerprint density at radius 3 is 2.58 bits per heavy atom. The van der Waals surface area contributed by atoms with Gasteiger partial charge in [-0.25, -0.2) is 0 Å². The molecule has 0 saturated carbocycles. The molecule has 0 aliphatic carbocycles. The van der Waals surface area contributed by atoms with Gasteiger partial charge in [0.2, 0.25) is 5.91 Å². The summed E-state index contributed by atoms with van der Waals surface area (Å²) in [5.74, 6) is 1.36. The topological polar surface area (TPSA) is 50.8 Å². The summed E-state index contributed by atoms with van der Waals surface area (Å²) in [7, 11) is 3.15. The molecule has 0 spiro atoms. The van der Waals surface area contributed by atoms with Crippen molar-refractivity contribution in [2.45, 2.75) is 39.8 Å². The van der Waals surface area contributed by atoms with Gasteiger partial charge in [-0.2, -0.15) is 0 Å². The Labute approximate surface area is 149 Å². The van der Waals surface area contributed by atoms with Crippen LogP contribution < -0.4 is 14.8 Å². The second-order valence-corrected chi connectivity index (χ2v) is 7.84. The number of hydrogen-bond donors (Lipinski definition) is 1. The Balaban J connectivity index is 1.97. The molecule has 2 rings (SSSR count). The van der Waals surface area contributed by atoms with Crippen LogP contribution in [0.5, 0.6) is 11.5 Å². The lowest BCUT2D eigenvalue weighted by Crippen LogP contribution is -2.36. The number of likely N-dealkylation sites (tertiary alicyclic amines) is 1. The van der Waals surface area contributed by atoms with E-state index in [1.807, 2.05) is 17.0 Å². The van der Waals surface area contributed by atoms with Crippen molar-refractivity contribution in [3.63, 3.8) is 0 Å². The highest BCUT2D eigenvalue weighted by Crippen LogP contribution is 2.36. The summed E-state index contributed by atoms with van der Waals surface area (Å²) in [5, 5.41) is 3.96. The second kappa shape index (κ2) is 7.62. The number of rotatable bonds is 6. The Kier molecular flexibility index (Phi) is 5.99. The minimum atomic E-state index is 0.113. The van der Waals surface area contributed by atoms with Crippen LogP contribution in [0.4, 0.5) is 0 Å². The van der Waals surface area contributed by atoms with Gasteiger partial charge in [-0.3, -0.25) is 4.79 Å². The first kappa shape index (κ1) is 18.9. The number of nitrogens with zero attached hydrogens (tertiary/aromatic N) is 1. The molecule has 1 aromatic carbocycles. The average Bonchev–Trinajstić information content (AvgIpc) is 2.82. The molecule has 1 heterocycles. The average molecular weight is 355 g/mol. The van der Waals surface area contributed by atoms with E-state index in [2.05, 4.69) is 26.1 Å². The van der Waals surface area contributed by atoms with Crippen LogP contribution in [0.2, 0.25) is 5.02 Å². The van der Waals surface area contributed by atoms with Crippen molar-refractivity contribution in [3.05, 3.63) is 22.7 Å². The molecule has 1 fully saturated rings. The molecule has 24 heavy (non-hydrogen) atoms. The predicted molar refractivity (Wildman–Crippen MR) is 95.8 cm³/mol. The lowest BCUT2D eigenvalue weighted by atomic mass is 9.96. The van der Waals surface area contributed by atoms with Gasteiger partial charge >= 0.3 is 0 Å². The normalized spacial score (nSPS) is 18.2. The zero-order chi connectivity index (χ0) is 17.9. The SMILES string of the molecule is COc1cc(CNC2CC(=O)N(CC(C)(C)C)C2)cc(Cl)c1OC. The van der Waals surface area contributed by atoms with E-state index in [0.717, 1.165) is 18.7 Å². The molecule has 5 nitrogen and oxygen atoms in total. The Hall–Kier alpha value is -1.46. The molecule has 0 aromatic heterocycles. The fraction of sp³-hybridized carbons (Fsp3) is 0.611. The molecule has 0 radical (unpaired) electrons. The predicted octanol–water partition coefficient (Wildman–Crippen LogP) is 3.09. The molecule has 1 saturated heterocycles. The first-order valence-corrected chi connectivity index (χ1v) is 8.53. The number of ether oxygens (including phenoxy) is 2. The van der Waals surface area contributed by atoms with Gasteiger partial charge in [-0.1, -0.05) is 32.4 Å². The summed E-state index contributed by atoms with van der Waals surface area (Å²) < 4.78 is 10.6. The molecule has 1 N–H and O–H groups in total. The number of methoxy groups -OCH3 is 2. The van der Waals surface area contributed by atoms with E-state index in [-0.39, 0.29) is 17.4 Å². The zero-order valence-corrected chi connectivity index (χ0v) is 15.9. The first-order valence-electron chi connectivity index (χ1n) is 8.15. The van der Waals surface area contributed by atoms with Gasteiger partial charge in [0, 0.05) is 32.1 Å². The summed E-state index contributed by atoms with van der Waals surface area (Å²) in [6, 6.07) is 3.92. The third-order valence-corrected chi connectivity index (χ3v) is 4.25. The second-order valence-electron chi connectivity index (χ2n) is 7.43. The minimum absolute atomic E-state index is 0.113. The van der Waals surface area contributed by atoms with Gasteiger partial charge in [0.1, 0.15) is 0 Å². The van der Waals surface area contributed by atoms with E-state index in [4.69, 9.17) is 21.1 Å². The van der Waals surface area contributed by atoms with Crippen molar-refractivity contribution in [1.82, 2.24) is 10.2 Å². The van der Waals surface area contributed by atoms with Crippen molar-refractivity contribution in [2.75, 3.05) is 27.3 Å². The van der Waals surface area contributed by atoms with Crippen molar-refractivity contribution < 1.29 is 14.3 Å². The Bertz CT molecular complexity index is 599. The molecule has 1 atom stereocenters. The van der Waals surface area contributed by atoms with Gasteiger partial charge < -0.3 is 19.7 Å². The molecular weight excluding hydrogens is 328 g/mol. The highest BCUT2D eigenvalue weighted by molar-refractivity contribution is 6.32. The van der Waals surface area contributed by atoms with E-state index in [0.29, 0.717) is 29.5 Å². The van der Waals surface area contributed by atoms with Crippen molar-refractivity contribution in [1.29, 1.82) is 0 Å². The fourth-order valence-electron chi connectivity index (χ4n) is 2.97. The summed E-state index contributed by atoms with van der Waals surface area (Å²) in [5.41, 5.74) is 1.11. The van der Waals surface area contributed by atoms with Crippen molar-refractivity contribution >= 4 is 17.5 Å². The van der Waals surface area contributed by atoms with Crippen molar-refractivity contribution in [2.24, 2.45) is 5.41 Å².